The van der Waals surface area contributed by atoms with Crippen LogP contribution in [0.25, 0.3) is 16.6 Å². The van der Waals surface area contributed by atoms with Crippen LogP contribution >= 0.6 is 0 Å². The first-order valence-corrected chi connectivity index (χ1v) is 11.3. The number of carbonyl (C=O) groups is 1. The quantitative estimate of drug-likeness (QED) is 0.391. The number of alkyl halides is 3. The second-order valence-corrected chi connectivity index (χ2v) is 9.37. The molecule has 12 heteroatoms. The van der Waals surface area contributed by atoms with Crippen molar-refractivity contribution in [3.05, 3.63) is 59.1 Å². The standard InChI is InChI=1S/C24H20F4N6O2/c1-10-3-18-21(13-7-30-19(24(26,27)28)6-17(13)36-18)33(8-10)23(35)12-4-16-15(5-14(12)25)32-22(29)20-11(2)31-9-34(16)20/h4-7,9-10,18,21H,3,8H2,1-2H3,(H2,29,32). The van der Waals surface area contributed by atoms with Crippen molar-refractivity contribution in [2.75, 3.05) is 12.3 Å². The van der Waals surface area contributed by atoms with Crippen LogP contribution in [-0.2, 0) is 6.18 Å². The van der Waals surface area contributed by atoms with E-state index >= 15 is 4.39 Å². The maximum atomic E-state index is 15.3. The minimum Gasteiger partial charge on any atom is -0.487 e. The van der Waals surface area contributed by atoms with Gasteiger partial charge in [-0.25, -0.2) is 14.4 Å². The molecule has 0 saturated carbocycles. The van der Waals surface area contributed by atoms with Gasteiger partial charge >= 0.3 is 6.18 Å². The zero-order valence-electron chi connectivity index (χ0n) is 19.2. The van der Waals surface area contributed by atoms with Gasteiger partial charge in [-0.05, 0) is 25.3 Å². The van der Waals surface area contributed by atoms with Gasteiger partial charge in [0.05, 0.1) is 28.3 Å². The van der Waals surface area contributed by atoms with Gasteiger partial charge in [0.2, 0.25) is 0 Å². The normalized spacial score (nSPS) is 21.5. The number of hydrogen-bond donors (Lipinski definition) is 1. The highest BCUT2D eigenvalue weighted by molar-refractivity contribution is 5.99. The van der Waals surface area contributed by atoms with Gasteiger partial charge in [0.1, 0.15) is 41.0 Å². The summed E-state index contributed by atoms with van der Waals surface area (Å²) in [4.78, 5) is 27.3. The SMILES string of the molecule is Cc1ncn2c1c(N)nc1cc(F)c(C(=O)N3CC(C)CC4Oc5cc(C(F)(F)F)ncc5C43)cc12. The number of amides is 1. The van der Waals surface area contributed by atoms with Crippen molar-refractivity contribution in [1.82, 2.24) is 24.3 Å². The maximum absolute atomic E-state index is 15.3. The first kappa shape index (κ1) is 22.5. The van der Waals surface area contributed by atoms with Crippen LogP contribution in [0.15, 0.2) is 30.7 Å². The maximum Gasteiger partial charge on any atom is 0.433 e. The third-order valence-electron chi connectivity index (χ3n) is 6.86. The first-order chi connectivity index (χ1) is 17.0. The van der Waals surface area contributed by atoms with Crippen LogP contribution < -0.4 is 10.5 Å². The Labute approximate surface area is 201 Å². The molecule has 0 radical (unpaired) electrons. The average molecular weight is 500 g/mol. The van der Waals surface area contributed by atoms with Gasteiger partial charge in [-0.1, -0.05) is 6.92 Å². The Hall–Kier alpha value is -3.96. The lowest BCUT2D eigenvalue weighted by Crippen LogP contribution is -2.47. The Bertz CT molecular complexity index is 1570. The van der Waals surface area contributed by atoms with E-state index in [9.17, 15) is 18.0 Å². The largest absolute Gasteiger partial charge is 0.487 e. The fraction of sp³-hybridized carbons (Fsp3) is 0.333. The summed E-state index contributed by atoms with van der Waals surface area (Å²) < 4.78 is 62.3. The third-order valence-corrected chi connectivity index (χ3v) is 6.86. The molecule has 3 aromatic heterocycles. The molecule has 186 valence electrons. The predicted octanol–water partition coefficient (Wildman–Crippen LogP) is 4.31. The van der Waals surface area contributed by atoms with Crippen molar-refractivity contribution in [3.63, 3.8) is 0 Å². The molecule has 2 aliphatic heterocycles. The highest BCUT2D eigenvalue weighted by Gasteiger charge is 2.47. The van der Waals surface area contributed by atoms with Gasteiger partial charge < -0.3 is 15.4 Å². The van der Waals surface area contributed by atoms with E-state index in [0.717, 1.165) is 18.3 Å². The van der Waals surface area contributed by atoms with Crippen molar-refractivity contribution in [2.24, 2.45) is 5.92 Å². The van der Waals surface area contributed by atoms with Crippen LogP contribution in [0.1, 0.15) is 46.7 Å². The number of fused-ring (bicyclic) bond motifs is 6. The van der Waals surface area contributed by atoms with Crippen LogP contribution in [0, 0.1) is 18.7 Å². The van der Waals surface area contributed by atoms with Gasteiger partial charge in [0, 0.05) is 30.4 Å². The summed E-state index contributed by atoms with van der Waals surface area (Å²) in [6.07, 6.45) is -2.03. The van der Waals surface area contributed by atoms with Crippen molar-refractivity contribution in [1.29, 1.82) is 0 Å². The number of hydrogen-bond acceptors (Lipinski definition) is 6. The molecule has 2 aliphatic rings. The number of rotatable bonds is 1. The molecule has 0 aliphatic carbocycles. The molecular formula is C24H20F4N6O2. The summed E-state index contributed by atoms with van der Waals surface area (Å²) in [7, 11) is 0. The number of aromatic nitrogens is 4. The summed E-state index contributed by atoms with van der Waals surface area (Å²) in [5.74, 6) is -1.18. The molecule has 0 spiro atoms. The molecule has 1 amide bonds. The molecule has 5 heterocycles. The number of likely N-dealkylation sites (tertiary alicyclic amines) is 1. The molecule has 3 atom stereocenters. The molecular weight excluding hydrogens is 480 g/mol. The molecule has 1 fully saturated rings. The molecule has 1 saturated heterocycles. The lowest BCUT2D eigenvalue weighted by atomic mass is 9.88. The minimum absolute atomic E-state index is 0.0208. The Morgan fingerprint density at radius 2 is 2.00 bits per heavy atom. The number of aryl methyl sites for hydroxylation is 1. The smallest absolute Gasteiger partial charge is 0.433 e. The monoisotopic (exact) mass is 500 g/mol. The number of ether oxygens (including phenoxy) is 1. The first-order valence-electron chi connectivity index (χ1n) is 11.3. The number of piperidine rings is 1. The Kier molecular flexibility index (Phi) is 4.70. The van der Waals surface area contributed by atoms with Gasteiger partial charge in [-0.15, -0.1) is 0 Å². The fourth-order valence-electron chi connectivity index (χ4n) is 5.29. The number of benzene rings is 1. The van der Waals surface area contributed by atoms with Crippen molar-refractivity contribution in [3.8, 4) is 5.75 Å². The fourth-order valence-corrected chi connectivity index (χ4v) is 5.29. The summed E-state index contributed by atoms with van der Waals surface area (Å²) in [6.45, 7) is 3.95. The second-order valence-electron chi connectivity index (χ2n) is 9.37. The number of halogens is 4. The van der Waals surface area contributed by atoms with Gasteiger partial charge in [0.15, 0.2) is 0 Å². The number of nitrogen functional groups attached to an aromatic ring is 1. The molecule has 4 aromatic rings. The highest BCUT2D eigenvalue weighted by Crippen LogP contribution is 2.47. The van der Waals surface area contributed by atoms with Crippen molar-refractivity contribution in [2.45, 2.75) is 38.6 Å². The summed E-state index contributed by atoms with van der Waals surface area (Å²) >= 11 is 0. The number of nitrogens with zero attached hydrogens (tertiary/aromatic N) is 5. The Morgan fingerprint density at radius 1 is 1.22 bits per heavy atom. The van der Waals surface area contributed by atoms with Crippen LogP contribution in [0.3, 0.4) is 0 Å². The van der Waals surface area contributed by atoms with Crippen LogP contribution in [-0.4, -0.2) is 42.8 Å². The molecule has 36 heavy (non-hydrogen) atoms. The predicted molar refractivity (Wildman–Crippen MR) is 121 cm³/mol. The topological polar surface area (TPSA) is 98.6 Å². The summed E-state index contributed by atoms with van der Waals surface area (Å²) in [6, 6.07) is 2.72. The minimum atomic E-state index is -4.63. The van der Waals surface area contributed by atoms with E-state index in [1.807, 2.05) is 6.92 Å². The van der Waals surface area contributed by atoms with E-state index in [1.54, 1.807) is 11.3 Å². The van der Waals surface area contributed by atoms with Crippen LogP contribution in [0.2, 0.25) is 0 Å². The number of carbonyl (C=O) groups excluding carboxylic acids is 1. The number of imidazole rings is 1. The Balaban J connectivity index is 1.45. The number of nitrogens with two attached hydrogens (primary N) is 1. The van der Waals surface area contributed by atoms with E-state index in [4.69, 9.17) is 10.5 Å². The molecule has 0 bridgehead atoms. The molecule has 3 unspecified atom stereocenters. The molecule has 8 nitrogen and oxygen atoms in total. The van der Waals surface area contributed by atoms with Gasteiger partial charge in [-0.2, -0.15) is 13.2 Å². The van der Waals surface area contributed by atoms with Gasteiger partial charge in [0.25, 0.3) is 5.91 Å². The Morgan fingerprint density at radius 3 is 2.75 bits per heavy atom. The molecule has 1 aromatic carbocycles. The van der Waals surface area contributed by atoms with Gasteiger partial charge in [-0.3, -0.25) is 14.2 Å². The number of anilines is 1. The summed E-state index contributed by atoms with van der Waals surface area (Å²) in [5.41, 5.74) is 7.04. The van der Waals surface area contributed by atoms with E-state index in [1.165, 1.54) is 17.3 Å². The number of pyridine rings is 1. The lowest BCUT2D eigenvalue weighted by molar-refractivity contribution is -0.141. The van der Waals surface area contributed by atoms with Crippen LogP contribution in [0.4, 0.5) is 23.4 Å². The van der Waals surface area contributed by atoms with E-state index in [2.05, 4.69) is 15.0 Å². The average Bonchev–Trinajstić information content (AvgIpc) is 3.37. The van der Waals surface area contributed by atoms with E-state index in [-0.39, 0.29) is 35.1 Å². The third kappa shape index (κ3) is 3.27. The zero-order valence-corrected chi connectivity index (χ0v) is 19.2. The lowest BCUT2D eigenvalue weighted by Gasteiger charge is -2.39. The van der Waals surface area contributed by atoms with Crippen LogP contribution in [0.5, 0.6) is 5.75 Å². The molecule has 2 N–H and O–H groups in total. The molecule has 6 rings (SSSR count). The van der Waals surface area contributed by atoms with Crippen molar-refractivity contribution >= 4 is 28.3 Å². The van der Waals surface area contributed by atoms with E-state index in [0.29, 0.717) is 28.7 Å². The van der Waals surface area contributed by atoms with E-state index < -0.39 is 35.7 Å². The summed E-state index contributed by atoms with van der Waals surface area (Å²) in [5, 5.41) is 0. The second kappa shape index (κ2) is 7.52. The van der Waals surface area contributed by atoms with Crippen molar-refractivity contribution < 1.29 is 27.1 Å². The highest BCUT2D eigenvalue weighted by atomic mass is 19.4. The zero-order chi connectivity index (χ0) is 25.5.